The van der Waals surface area contributed by atoms with Gasteiger partial charge in [0.05, 0.1) is 22.9 Å². The highest BCUT2D eigenvalue weighted by molar-refractivity contribution is 7.22. The van der Waals surface area contributed by atoms with Gasteiger partial charge in [0.15, 0.2) is 5.13 Å². The van der Waals surface area contributed by atoms with Crippen molar-refractivity contribution in [1.82, 2.24) is 9.88 Å². The number of anilines is 1. The summed E-state index contributed by atoms with van der Waals surface area (Å²) >= 11 is 7.76. The molecule has 3 aromatic carbocycles. The number of para-hydroxylation sites is 1. The van der Waals surface area contributed by atoms with E-state index in [1.54, 1.807) is 23.1 Å². The Morgan fingerprint density at radius 3 is 2.73 bits per heavy atom. The van der Waals surface area contributed by atoms with Crippen LogP contribution < -0.4 is 10.5 Å². The molecule has 2 aromatic heterocycles. The van der Waals surface area contributed by atoms with E-state index in [0.29, 0.717) is 41.0 Å². The Kier molecular flexibility index (Phi) is 6.65. The standard InChI is InChI=1S/C28H24ClN3O4S/c29-22-7-3-8-24-25(22)30-28(37-24)32(12-4-11-31-13-15-35-16-14-31)26(33)21-17-20-19-6-2-1-5-18(19)9-10-23(20)36-27(21)34/h1-3,5-10,17H,4,11-16H2. The third-order valence-corrected chi connectivity index (χ3v) is 8.02. The summed E-state index contributed by atoms with van der Waals surface area (Å²) in [6.45, 7) is 4.38. The molecule has 3 heterocycles. The second-order valence-corrected chi connectivity index (χ2v) is 10.4. The van der Waals surface area contributed by atoms with Gasteiger partial charge in [0.1, 0.15) is 16.7 Å². The van der Waals surface area contributed by atoms with Crippen molar-refractivity contribution in [3.63, 3.8) is 0 Å². The summed E-state index contributed by atoms with van der Waals surface area (Å²) in [7, 11) is 0. The summed E-state index contributed by atoms with van der Waals surface area (Å²) in [5, 5.41) is 3.68. The normalized spacial score (nSPS) is 14.5. The molecular weight excluding hydrogens is 510 g/mol. The quantitative estimate of drug-likeness (QED) is 0.209. The molecule has 1 aliphatic heterocycles. The lowest BCUT2D eigenvalue weighted by Crippen LogP contribution is -2.40. The Bertz CT molecular complexity index is 1680. The number of hydrogen-bond donors (Lipinski definition) is 0. The van der Waals surface area contributed by atoms with Crippen molar-refractivity contribution in [2.24, 2.45) is 0 Å². The number of carbonyl (C=O) groups excluding carboxylic acids is 1. The van der Waals surface area contributed by atoms with Crippen LogP contribution >= 0.6 is 22.9 Å². The molecule has 0 aliphatic carbocycles. The molecule has 1 amide bonds. The first kappa shape index (κ1) is 24.1. The fraction of sp³-hybridized carbons (Fsp3) is 0.250. The van der Waals surface area contributed by atoms with Crippen molar-refractivity contribution >= 4 is 65.9 Å². The predicted molar refractivity (Wildman–Crippen MR) is 148 cm³/mol. The van der Waals surface area contributed by atoms with Gasteiger partial charge in [-0.1, -0.05) is 59.3 Å². The Morgan fingerprint density at radius 1 is 1.05 bits per heavy atom. The number of rotatable bonds is 6. The zero-order valence-corrected chi connectivity index (χ0v) is 21.6. The summed E-state index contributed by atoms with van der Waals surface area (Å²) < 4.78 is 11.9. The molecule has 7 nitrogen and oxygen atoms in total. The van der Waals surface area contributed by atoms with E-state index in [1.165, 1.54) is 11.3 Å². The highest BCUT2D eigenvalue weighted by atomic mass is 35.5. The first-order valence-electron chi connectivity index (χ1n) is 12.2. The average Bonchev–Trinajstić information content (AvgIpc) is 3.36. The Morgan fingerprint density at radius 2 is 1.89 bits per heavy atom. The number of carbonyl (C=O) groups is 1. The van der Waals surface area contributed by atoms with Crippen molar-refractivity contribution in [2.75, 3.05) is 44.3 Å². The number of hydrogen-bond acceptors (Lipinski definition) is 7. The second kappa shape index (κ2) is 10.2. The van der Waals surface area contributed by atoms with Gasteiger partial charge in [0.25, 0.3) is 5.91 Å². The number of halogens is 1. The Labute approximate surface area is 221 Å². The predicted octanol–water partition coefficient (Wildman–Crippen LogP) is 5.58. The molecule has 0 bridgehead atoms. The van der Waals surface area contributed by atoms with E-state index in [-0.39, 0.29) is 5.56 Å². The number of thiazole rings is 1. The lowest BCUT2D eigenvalue weighted by Gasteiger charge is -2.27. The topological polar surface area (TPSA) is 75.9 Å². The van der Waals surface area contributed by atoms with Crippen molar-refractivity contribution < 1.29 is 13.9 Å². The maximum atomic E-state index is 14.0. The fourth-order valence-electron chi connectivity index (χ4n) is 4.75. The van der Waals surface area contributed by atoms with E-state index < -0.39 is 11.5 Å². The van der Waals surface area contributed by atoms with Crippen LogP contribution in [0.5, 0.6) is 0 Å². The van der Waals surface area contributed by atoms with E-state index >= 15 is 0 Å². The highest BCUT2D eigenvalue weighted by Gasteiger charge is 2.26. The number of aromatic nitrogens is 1. The molecule has 188 valence electrons. The van der Waals surface area contributed by atoms with Crippen molar-refractivity contribution in [3.05, 3.63) is 81.7 Å². The molecule has 0 unspecified atom stereocenters. The molecule has 0 radical (unpaired) electrons. The molecule has 1 saturated heterocycles. The molecule has 0 atom stereocenters. The number of morpholine rings is 1. The number of ether oxygens (including phenoxy) is 1. The number of amides is 1. The molecule has 0 saturated carbocycles. The van der Waals surface area contributed by atoms with E-state index in [4.69, 9.17) is 25.7 Å². The number of nitrogens with zero attached hydrogens (tertiary/aromatic N) is 3. The summed E-state index contributed by atoms with van der Waals surface area (Å²) in [6.07, 6.45) is 0.719. The minimum Gasteiger partial charge on any atom is -0.422 e. The summed E-state index contributed by atoms with van der Waals surface area (Å²) in [4.78, 5) is 35.6. The van der Waals surface area contributed by atoms with Gasteiger partial charge < -0.3 is 9.15 Å². The van der Waals surface area contributed by atoms with Crippen LogP contribution in [0.25, 0.3) is 32.0 Å². The molecule has 1 aliphatic rings. The van der Waals surface area contributed by atoms with Gasteiger partial charge in [-0.3, -0.25) is 14.6 Å². The van der Waals surface area contributed by atoms with E-state index in [1.807, 2.05) is 42.5 Å². The van der Waals surface area contributed by atoms with Crippen LogP contribution in [0, 0.1) is 0 Å². The molecule has 5 aromatic rings. The van der Waals surface area contributed by atoms with Crippen LogP contribution in [0.3, 0.4) is 0 Å². The Balaban J connectivity index is 1.39. The highest BCUT2D eigenvalue weighted by Crippen LogP contribution is 2.34. The third kappa shape index (κ3) is 4.73. The minimum absolute atomic E-state index is 0.0134. The lowest BCUT2D eigenvalue weighted by molar-refractivity contribution is 0.0376. The third-order valence-electron chi connectivity index (χ3n) is 6.67. The van der Waals surface area contributed by atoms with Gasteiger partial charge in [0, 0.05) is 31.6 Å². The fourth-order valence-corrected chi connectivity index (χ4v) is 6.04. The molecule has 0 spiro atoms. The van der Waals surface area contributed by atoms with Crippen molar-refractivity contribution in [3.8, 4) is 0 Å². The van der Waals surface area contributed by atoms with Crippen molar-refractivity contribution in [1.29, 1.82) is 0 Å². The zero-order valence-electron chi connectivity index (χ0n) is 20.0. The maximum absolute atomic E-state index is 14.0. The van der Waals surface area contributed by atoms with E-state index in [2.05, 4.69) is 4.90 Å². The summed E-state index contributed by atoms with van der Waals surface area (Å²) in [5.74, 6) is -0.430. The van der Waals surface area contributed by atoms with Gasteiger partial charge in [-0.2, -0.15) is 0 Å². The van der Waals surface area contributed by atoms with Gasteiger partial charge in [-0.15, -0.1) is 0 Å². The van der Waals surface area contributed by atoms with E-state index in [9.17, 15) is 9.59 Å². The molecule has 1 fully saturated rings. The molecule has 37 heavy (non-hydrogen) atoms. The van der Waals surface area contributed by atoms with Crippen LogP contribution in [0.1, 0.15) is 16.8 Å². The monoisotopic (exact) mass is 533 g/mol. The lowest BCUT2D eigenvalue weighted by atomic mass is 10.0. The second-order valence-electron chi connectivity index (χ2n) is 8.99. The smallest absolute Gasteiger partial charge is 0.349 e. The zero-order chi connectivity index (χ0) is 25.4. The van der Waals surface area contributed by atoms with Crippen LogP contribution in [0.2, 0.25) is 5.02 Å². The molecule has 9 heteroatoms. The van der Waals surface area contributed by atoms with Crippen LogP contribution in [0.15, 0.2) is 69.9 Å². The largest absolute Gasteiger partial charge is 0.422 e. The minimum atomic E-state index is -0.662. The van der Waals surface area contributed by atoms with Gasteiger partial charge in [0.2, 0.25) is 0 Å². The number of fused-ring (bicyclic) bond motifs is 4. The van der Waals surface area contributed by atoms with Crippen molar-refractivity contribution in [2.45, 2.75) is 6.42 Å². The average molecular weight is 534 g/mol. The molecule has 0 N–H and O–H groups in total. The van der Waals surface area contributed by atoms with Gasteiger partial charge in [-0.05, 0) is 41.5 Å². The van der Waals surface area contributed by atoms with Gasteiger partial charge in [-0.25, -0.2) is 9.78 Å². The van der Waals surface area contributed by atoms with E-state index in [0.717, 1.165) is 46.9 Å². The van der Waals surface area contributed by atoms with Crippen LogP contribution in [-0.2, 0) is 4.74 Å². The summed E-state index contributed by atoms with van der Waals surface area (Å²) in [6, 6.07) is 18.7. The first-order valence-corrected chi connectivity index (χ1v) is 13.4. The first-order chi connectivity index (χ1) is 18.1. The number of benzene rings is 3. The molecular formula is C28H24ClN3O4S. The summed E-state index contributed by atoms with van der Waals surface area (Å²) in [5.41, 5.74) is 0.420. The molecule has 6 rings (SSSR count). The maximum Gasteiger partial charge on any atom is 0.349 e. The van der Waals surface area contributed by atoms with Gasteiger partial charge >= 0.3 is 5.63 Å². The van der Waals surface area contributed by atoms with Crippen LogP contribution in [0.4, 0.5) is 5.13 Å². The SMILES string of the molecule is O=C(c1cc2c(ccc3ccccc32)oc1=O)N(CCCN1CCOCC1)c1nc2c(Cl)cccc2s1. The Hall–Kier alpha value is -3.30. The van der Waals surface area contributed by atoms with Crippen LogP contribution in [-0.4, -0.2) is 55.2 Å².